The average Bonchev–Trinajstić information content (AvgIpc) is 2.90. The minimum absolute atomic E-state index is 0.177. The standard InChI is InChI=1S/C22H20BrNO3/c1-15-20(22(26)27-2)19(14-17-9-6-10-18(23)13-17)21(25)24(15)12-11-16-7-4-3-5-8-16/h3-10,13-14H,11-12H2,1-2H3. The van der Waals surface area contributed by atoms with Crippen LogP contribution < -0.4 is 0 Å². The summed E-state index contributed by atoms with van der Waals surface area (Å²) in [4.78, 5) is 27.1. The predicted octanol–water partition coefficient (Wildman–Crippen LogP) is 4.36. The van der Waals surface area contributed by atoms with Gasteiger partial charge in [0.15, 0.2) is 0 Å². The van der Waals surface area contributed by atoms with Gasteiger partial charge in [-0.15, -0.1) is 0 Å². The van der Waals surface area contributed by atoms with Crippen molar-refractivity contribution in [2.75, 3.05) is 13.7 Å². The highest BCUT2D eigenvalue weighted by molar-refractivity contribution is 9.10. The summed E-state index contributed by atoms with van der Waals surface area (Å²) in [6, 6.07) is 17.6. The lowest BCUT2D eigenvalue weighted by molar-refractivity contribution is -0.136. The van der Waals surface area contributed by atoms with Crippen molar-refractivity contribution >= 4 is 33.9 Å². The molecule has 0 saturated heterocycles. The molecule has 0 aliphatic carbocycles. The molecule has 0 spiro atoms. The van der Waals surface area contributed by atoms with E-state index >= 15 is 0 Å². The van der Waals surface area contributed by atoms with Crippen molar-refractivity contribution in [3.05, 3.63) is 87.0 Å². The van der Waals surface area contributed by atoms with Gasteiger partial charge in [0.25, 0.3) is 5.91 Å². The molecule has 0 atom stereocenters. The van der Waals surface area contributed by atoms with E-state index in [0.717, 1.165) is 15.6 Å². The number of rotatable bonds is 5. The Kier molecular flexibility index (Phi) is 5.91. The van der Waals surface area contributed by atoms with Crippen LogP contribution in [0.2, 0.25) is 0 Å². The quantitative estimate of drug-likeness (QED) is 0.527. The van der Waals surface area contributed by atoms with Crippen LogP contribution in [0.5, 0.6) is 0 Å². The third kappa shape index (κ3) is 4.19. The number of carbonyl (C=O) groups excluding carboxylic acids is 2. The molecule has 0 radical (unpaired) electrons. The molecule has 1 aliphatic heterocycles. The maximum absolute atomic E-state index is 13.1. The van der Waals surface area contributed by atoms with Crippen LogP contribution in [-0.2, 0) is 20.7 Å². The van der Waals surface area contributed by atoms with Gasteiger partial charge in [0.2, 0.25) is 0 Å². The average molecular weight is 426 g/mol. The summed E-state index contributed by atoms with van der Waals surface area (Å²) in [7, 11) is 1.33. The van der Waals surface area contributed by atoms with Gasteiger partial charge in [0, 0.05) is 16.7 Å². The van der Waals surface area contributed by atoms with Crippen molar-refractivity contribution in [2.45, 2.75) is 13.3 Å². The number of benzene rings is 2. The van der Waals surface area contributed by atoms with Crippen LogP contribution in [0.15, 0.2) is 75.9 Å². The number of nitrogens with zero attached hydrogens (tertiary/aromatic N) is 1. The maximum atomic E-state index is 13.1. The molecule has 3 rings (SSSR count). The van der Waals surface area contributed by atoms with E-state index in [1.807, 2.05) is 54.6 Å². The number of halogens is 1. The number of amides is 1. The molecule has 0 unspecified atom stereocenters. The molecule has 0 N–H and O–H groups in total. The lowest BCUT2D eigenvalue weighted by Gasteiger charge is -2.17. The monoisotopic (exact) mass is 425 g/mol. The summed E-state index contributed by atoms with van der Waals surface area (Å²) in [6.07, 6.45) is 2.45. The van der Waals surface area contributed by atoms with Gasteiger partial charge in [-0.1, -0.05) is 58.4 Å². The second kappa shape index (κ2) is 8.35. The molecule has 27 heavy (non-hydrogen) atoms. The number of carbonyl (C=O) groups is 2. The number of ether oxygens (including phenoxy) is 1. The molecule has 1 amide bonds. The minimum Gasteiger partial charge on any atom is -0.465 e. The number of methoxy groups -OCH3 is 1. The van der Waals surface area contributed by atoms with Crippen molar-refractivity contribution in [3.8, 4) is 0 Å². The van der Waals surface area contributed by atoms with E-state index in [2.05, 4.69) is 15.9 Å². The van der Waals surface area contributed by atoms with Crippen molar-refractivity contribution in [2.24, 2.45) is 0 Å². The smallest absolute Gasteiger partial charge is 0.340 e. The second-order valence-corrected chi connectivity index (χ2v) is 7.17. The fourth-order valence-electron chi connectivity index (χ4n) is 3.15. The Morgan fingerprint density at radius 3 is 2.56 bits per heavy atom. The van der Waals surface area contributed by atoms with E-state index in [0.29, 0.717) is 29.8 Å². The summed E-state index contributed by atoms with van der Waals surface area (Å²) in [5.74, 6) is -0.673. The Balaban J connectivity index is 1.94. The van der Waals surface area contributed by atoms with E-state index in [9.17, 15) is 9.59 Å². The normalized spacial score (nSPS) is 15.6. The van der Waals surface area contributed by atoms with E-state index in [1.165, 1.54) is 7.11 Å². The highest BCUT2D eigenvalue weighted by atomic mass is 79.9. The highest BCUT2D eigenvalue weighted by Crippen LogP contribution is 2.32. The van der Waals surface area contributed by atoms with Crippen LogP contribution in [-0.4, -0.2) is 30.4 Å². The first-order valence-electron chi connectivity index (χ1n) is 8.64. The zero-order valence-corrected chi connectivity index (χ0v) is 16.8. The first-order valence-corrected chi connectivity index (χ1v) is 9.43. The highest BCUT2D eigenvalue weighted by Gasteiger charge is 2.36. The summed E-state index contributed by atoms with van der Waals surface area (Å²) in [6.45, 7) is 2.29. The first-order chi connectivity index (χ1) is 13.0. The first kappa shape index (κ1) is 19.1. The van der Waals surface area contributed by atoms with Crippen molar-refractivity contribution in [1.29, 1.82) is 0 Å². The van der Waals surface area contributed by atoms with Crippen LogP contribution >= 0.6 is 15.9 Å². The lowest BCUT2D eigenvalue weighted by Crippen LogP contribution is -2.27. The van der Waals surface area contributed by atoms with Gasteiger partial charge >= 0.3 is 5.97 Å². The lowest BCUT2D eigenvalue weighted by atomic mass is 10.0. The molecule has 0 bridgehead atoms. The largest absolute Gasteiger partial charge is 0.465 e. The summed E-state index contributed by atoms with van der Waals surface area (Å²) < 4.78 is 5.84. The SMILES string of the molecule is COC(=O)C1=C(C)N(CCc2ccccc2)C(=O)C1=Cc1cccc(Br)c1. The third-order valence-electron chi connectivity index (χ3n) is 4.53. The van der Waals surface area contributed by atoms with E-state index in [1.54, 1.807) is 17.9 Å². The number of hydrogen-bond donors (Lipinski definition) is 0. The molecule has 0 saturated carbocycles. The Labute approximate surface area is 167 Å². The third-order valence-corrected chi connectivity index (χ3v) is 5.02. The summed E-state index contributed by atoms with van der Waals surface area (Å²) in [5.41, 5.74) is 3.30. The van der Waals surface area contributed by atoms with Gasteiger partial charge in [-0.2, -0.15) is 0 Å². The van der Waals surface area contributed by atoms with E-state index in [4.69, 9.17) is 4.74 Å². The fourth-order valence-corrected chi connectivity index (χ4v) is 3.56. The predicted molar refractivity (Wildman–Crippen MR) is 109 cm³/mol. The zero-order valence-electron chi connectivity index (χ0n) is 15.2. The second-order valence-electron chi connectivity index (χ2n) is 6.26. The zero-order chi connectivity index (χ0) is 19.4. The van der Waals surface area contributed by atoms with Crippen molar-refractivity contribution in [3.63, 3.8) is 0 Å². The Morgan fingerprint density at radius 1 is 1.15 bits per heavy atom. The van der Waals surface area contributed by atoms with Gasteiger partial charge < -0.3 is 9.64 Å². The number of esters is 1. The van der Waals surface area contributed by atoms with E-state index in [-0.39, 0.29) is 5.91 Å². The van der Waals surface area contributed by atoms with Gasteiger partial charge in [-0.05, 0) is 42.7 Å². The number of allylic oxidation sites excluding steroid dienone is 1. The van der Waals surface area contributed by atoms with Crippen LogP contribution in [0.25, 0.3) is 6.08 Å². The molecule has 2 aromatic carbocycles. The van der Waals surface area contributed by atoms with Crippen LogP contribution in [0.3, 0.4) is 0 Å². The molecular formula is C22H20BrNO3. The van der Waals surface area contributed by atoms with Gasteiger partial charge in [-0.25, -0.2) is 4.79 Å². The molecule has 1 aliphatic rings. The molecule has 4 nitrogen and oxygen atoms in total. The molecule has 138 valence electrons. The Hall–Kier alpha value is -2.66. The number of hydrogen-bond acceptors (Lipinski definition) is 3. The molecule has 0 fully saturated rings. The van der Waals surface area contributed by atoms with Crippen LogP contribution in [0.4, 0.5) is 0 Å². The van der Waals surface area contributed by atoms with Gasteiger partial charge in [0.05, 0.1) is 18.3 Å². The van der Waals surface area contributed by atoms with E-state index < -0.39 is 5.97 Å². The fraction of sp³-hybridized carbons (Fsp3) is 0.182. The Morgan fingerprint density at radius 2 is 1.89 bits per heavy atom. The molecule has 5 heteroatoms. The van der Waals surface area contributed by atoms with Crippen molar-refractivity contribution in [1.82, 2.24) is 4.90 Å². The molecule has 1 heterocycles. The van der Waals surface area contributed by atoms with Crippen molar-refractivity contribution < 1.29 is 14.3 Å². The summed E-state index contributed by atoms with van der Waals surface area (Å²) in [5, 5.41) is 0. The van der Waals surface area contributed by atoms with Gasteiger partial charge in [-0.3, -0.25) is 4.79 Å². The maximum Gasteiger partial charge on any atom is 0.340 e. The summed E-state index contributed by atoms with van der Waals surface area (Å²) >= 11 is 3.43. The van der Waals surface area contributed by atoms with Gasteiger partial charge in [0.1, 0.15) is 0 Å². The topological polar surface area (TPSA) is 46.6 Å². The van der Waals surface area contributed by atoms with Crippen LogP contribution in [0.1, 0.15) is 18.1 Å². The molecule has 2 aromatic rings. The van der Waals surface area contributed by atoms with Crippen LogP contribution in [0, 0.1) is 0 Å². The Bertz CT molecular complexity index is 932. The molecule has 0 aromatic heterocycles. The molecular weight excluding hydrogens is 406 g/mol. The minimum atomic E-state index is -0.496.